The van der Waals surface area contributed by atoms with Crippen molar-refractivity contribution in [2.24, 2.45) is 5.73 Å². The van der Waals surface area contributed by atoms with Gasteiger partial charge < -0.3 is 10.5 Å². The van der Waals surface area contributed by atoms with Crippen LogP contribution in [-0.4, -0.2) is 69.4 Å². The van der Waals surface area contributed by atoms with Crippen LogP contribution in [0.2, 0.25) is 0 Å². The van der Waals surface area contributed by atoms with E-state index in [1.807, 2.05) is 0 Å². The van der Waals surface area contributed by atoms with E-state index in [0.717, 1.165) is 19.3 Å². The van der Waals surface area contributed by atoms with Gasteiger partial charge in [-0.15, -0.1) is 0 Å². The summed E-state index contributed by atoms with van der Waals surface area (Å²) < 4.78 is 4.62. The molecule has 0 heterocycles. The Morgan fingerprint density at radius 2 is 1.17 bits per heavy atom. The van der Waals surface area contributed by atoms with Crippen molar-refractivity contribution < 1.29 is 14.3 Å². The molecule has 0 aromatic heterocycles. The number of esters is 2. The monoisotopic (exact) mass is 366 g/mol. The van der Waals surface area contributed by atoms with E-state index in [1.165, 1.54) is 71.1 Å². The molecular weight excluding hydrogens is 329 g/mol. The Hall–Kier alpha value is 0.736. The normalized spacial score (nSPS) is 11.6. The maximum Gasteiger partial charge on any atom is 0.330 e. The summed E-state index contributed by atoms with van der Waals surface area (Å²) in [6, 6.07) is -0.731. The Balaban J connectivity index is 0. The fourth-order valence-corrected chi connectivity index (χ4v) is 2.54. The molecule has 0 aliphatic heterocycles. The number of hydrogen-bond acceptors (Lipinski definition) is 4. The third-order valence-corrected chi connectivity index (χ3v) is 4.07. The Kier molecular flexibility index (Phi) is 22.5. The summed E-state index contributed by atoms with van der Waals surface area (Å²) in [7, 11) is 0. The van der Waals surface area contributed by atoms with Crippen LogP contribution in [0, 0.1) is 0 Å². The first-order chi connectivity index (χ1) is 11.1. The van der Waals surface area contributed by atoms with Crippen molar-refractivity contribution in [2.75, 3.05) is 0 Å². The molecule has 2 N–H and O–H groups in total. The van der Waals surface area contributed by atoms with Gasteiger partial charge >= 0.3 is 11.9 Å². The summed E-state index contributed by atoms with van der Waals surface area (Å²) >= 11 is 0. The van der Waals surface area contributed by atoms with Gasteiger partial charge in [0.1, 0.15) is 6.04 Å². The molecule has 0 unspecified atom stereocenters. The molecule has 0 amide bonds. The summed E-state index contributed by atoms with van der Waals surface area (Å²) in [6.07, 6.45) is 16.8. The summed E-state index contributed by atoms with van der Waals surface area (Å²) in [4.78, 5) is 22.5. The predicted molar refractivity (Wildman–Crippen MR) is 101 cm³/mol. The molecule has 1 radical (unpaired) electrons. The van der Waals surface area contributed by atoms with Gasteiger partial charge in [0.25, 0.3) is 0 Å². The van der Waals surface area contributed by atoms with Crippen molar-refractivity contribution in [2.45, 2.75) is 110 Å². The molecule has 0 spiro atoms. The number of hydrogen-bond donors (Lipinski definition) is 1. The molecule has 0 aliphatic carbocycles. The number of nitrogens with two attached hydrogens (primary N) is 1. The molecule has 0 aromatic carbocycles. The van der Waals surface area contributed by atoms with Gasteiger partial charge in [-0.1, -0.05) is 84.0 Å². The van der Waals surface area contributed by atoms with Gasteiger partial charge in [0.05, 0.1) is 0 Å². The zero-order valence-electron chi connectivity index (χ0n) is 16.3. The van der Waals surface area contributed by atoms with Crippen LogP contribution >= 0.6 is 0 Å². The van der Waals surface area contributed by atoms with Crippen LogP contribution in [0.1, 0.15) is 104 Å². The molecule has 0 saturated carbocycles. The Bertz CT molecular complexity index is 309. The average Bonchev–Trinajstić information content (AvgIpc) is 2.51. The molecule has 0 bridgehead atoms. The quantitative estimate of drug-likeness (QED) is 0.200. The van der Waals surface area contributed by atoms with Crippen molar-refractivity contribution in [3.8, 4) is 0 Å². The average molecular weight is 367 g/mol. The van der Waals surface area contributed by atoms with Gasteiger partial charge in [-0.05, 0) is 13.3 Å². The first-order valence-electron chi connectivity index (χ1n) is 9.58. The van der Waals surface area contributed by atoms with E-state index in [0.29, 0.717) is 6.42 Å². The second-order valence-electron chi connectivity index (χ2n) is 6.57. The molecule has 1 atom stereocenters. The topological polar surface area (TPSA) is 69.4 Å². The van der Waals surface area contributed by atoms with Gasteiger partial charge in [-0.2, -0.15) is 0 Å². The summed E-state index contributed by atoms with van der Waals surface area (Å²) in [5, 5.41) is 0. The molecule has 4 nitrogen and oxygen atoms in total. The van der Waals surface area contributed by atoms with Crippen LogP contribution in [0.5, 0.6) is 0 Å². The van der Waals surface area contributed by atoms with Crippen molar-refractivity contribution in [1.29, 1.82) is 0 Å². The minimum Gasteiger partial charge on any atom is -0.392 e. The number of rotatable bonds is 15. The molecule has 24 heavy (non-hydrogen) atoms. The van der Waals surface area contributed by atoms with E-state index < -0.39 is 18.0 Å². The first-order valence-corrected chi connectivity index (χ1v) is 9.58. The van der Waals surface area contributed by atoms with E-state index in [9.17, 15) is 9.59 Å². The smallest absolute Gasteiger partial charge is 0.330 e. The number of carbonyl (C=O) groups excluding carboxylic acids is 2. The standard InChI is InChI=1S/C19H37NO3.K/c1-3-4-5-6-7-8-9-10-11-12-13-14-15-16-18(21)23-19(22)17(2)20;/h17H,3-16,20H2,1-2H3;/t17-;/m0./s1. The van der Waals surface area contributed by atoms with Gasteiger partial charge in [0.2, 0.25) is 0 Å². The SMILES string of the molecule is CCCCCCCCCCCCCCCC(=O)OC(=O)[C@H](C)N.[K]. The Morgan fingerprint density at radius 3 is 1.54 bits per heavy atom. The van der Waals surface area contributed by atoms with Crippen LogP contribution in [0.15, 0.2) is 0 Å². The number of ether oxygens (including phenoxy) is 1. The van der Waals surface area contributed by atoms with Crippen molar-refractivity contribution >= 4 is 63.3 Å². The zero-order chi connectivity index (χ0) is 17.3. The second kappa shape index (κ2) is 20.1. The van der Waals surface area contributed by atoms with E-state index >= 15 is 0 Å². The molecule has 0 aromatic rings. The van der Waals surface area contributed by atoms with E-state index in [-0.39, 0.29) is 51.4 Å². The third kappa shape index (κ3) is 19.1. The maximum atomic E-state index is 11.4. The largest absolute Gasteiger partial charge is 0.392 e. The minimum absolute atomic E-state index is 0. The van der Waals surface area contributed by atoms with Gasteiger partial charge in [0, 0.05) is 57.8 Å². The molecule has 5 heteroatoms. The van der Waals surface area contributed by atoms with Crippen LogP contribution in [0.4, 0.5) is 0 Å². The van der Waals surface area contributed by atoms with Gasteiger partial charge in [0.15, 0.2) is 0 Å². The Labute approximate surface area is 191 Å². The fourth-order valence-electron chi connectivity index (χ4n) is 2.54. The van der Waals surface area contributed by atoms with E-state index in [1.54, 1.807) is 0 Å². The van der Waals surface area contributed by atoms with Crippen molar-refractivity contribution in [1.82, 2.24) is 0 Å². The second-order valence-corrected chi connectivity index (χ2v) is 6.57. The number of unbranched alkanes of at least 4 members (excludes halogenated alkanes) is 12. The molecule has 0 aliphatic rings. The summed E-state index contributed by atoms with van der Waals surface area (Å²) in [5.74, 6) is -1.08. The van der Waals surface area contributed by atoms with E-state index in [2.05, 4.69) is 11.7 Å². The fraction of sp³-hybridized carbons (Fsp3) is 0.895. The van der Waals surface area contributed by atoms with Crippen LogP contribution in [-0.2, 0) is 14.3 Å². The third-order valence-electron chi connectivity index (χ3n) is 4.07. The van der Waals surface area contributed by atoms with Crippen molar-refractivity contribution in [3.05, 3.63) is 0 Å². The van der Waals surface area contributed by atoms with E-state index in [4.69, 9.17) is 5.73 Å². The molecule has 0 fully saturated rings. The maximum absolute atomic E-state index is 11.4. The van der Waals surface area contributed by atoms with Crippen LogP contribution < -0.4 is 5.73 Å². The molecule has 0 rings (SSSR count). The van der Waals surface area contributed by atoms with Gasteiger partial charge in [-0.25, -0.2) is 4.79 Å². The number of carbonyl (C=O) groups is 2. The predicted octanol–water partition coefficient (Wildman–Crippen LogP) is 4.50. The van der Waals surface area contributed by atoms with Crippen molar-refractivity contribution in [3.63, 3.8) is 0 Å². The summed E-state index contributed by atoms with van der Waals surface area (Å²) in [6.45, 7) is 3.77. The molecule has 0 saturated heterocycles. The van der Waals surface area contributed by atoms with Crippen LogP contribution in [0.3, 0.4) is 0 Å². The van der Waals surface area contributed by atoms with Gasteiger partial charge in [-0.3, -0.25) is 4.79 Å². The van der Waals surface area contributed by atoms with Crippen LogP contribution in [0.25, 0.3) is 0 Å². The summed E-state index contributed by atoms with van der Waals surface area (Å²) in [5.41, 5.74) is 5.33. The first kappa shape index (κ1) is 27.0. The minimum atomic E-state index is -0.731. The Morgan fingerprint density at radius 1 is 0.792 bits per heavy atom. The molecule has 137 valence electrons. The molecular formula is C19H37KNO3. The zero-order valence-corrected chi connectivity index (χ0v) is 19.4.